The quantitative estimate of drug-likeness (QED) is 0.482. The maximum Gasteiger partial charge on any atom is 0.338 e. The smallest absolute Gasteiger partial charge is 0.338 e. The van der Waals surface area contributed by atoms with Gasteiger partial charge in [0.05, 0.1) is 5.56 Å². The molecule has 1 saturated heterocycles. The summed E-state index contributed by atoms with van der Waals surface area (Å²) in [5.41, 5.74) is 0.0675. The fraction of sp³-hybridized carbons (Fsp3) is 0.333. The number of hydrogen-bond acceptors (Lipinski definition) is 5. The van der Waals surface area contributed by atoms with Crippen LogP contribution in [-0.2, 0) is 9.47 Å². The first-order valence-electron chi connectivity index (χ1n) is 8.67. The number of alkyl halides is 1. The first-order valence-corrected chi connectivity index (χ1v) is 9.10. The molecule has 6 heteroatoms. The van der Waals surface area contributed by atoms with E-state index < -0.39 is 29.0 Å². The molecule has 142 valence electrons. The Morgan fingerprint density at radius 3 is 2.15 bits per heavy atom. The Balaban J connectivity index is 1.73. The van der Waals surface area contributed by atoms with E-state index >= 15 is 0 Å². The van der Waals surface area contributed by atoms with Crippen molar-refractivity contribution in [3.8, 4) is 0 Å². The molecule has 0 bridgehead atoms. The standard InChI is InChI=1S/C21H21ClO5/c1-13-3-7-15(8-4-13)19(23)21(25)11-18(22)27-17(21)12-26-20(24)16-9-5-14(2)6-10-16/h3-10,17-18,25H,11-12H2,1-2H3/t17-,18+,21+/m1/s1. The third kappa shape index (κ3) is 4.21. The van der Waals surface area contributed by atoms with Crippen LogP contribution in [0.3, 0.4) is 0 Å². The van der Waals surface area contributed by atoms with E-state index in [1.165, 1.54) is 0 Å². The zero-order chi connectivity index (χ0) is 19.6. The number of rotatable bonds is 5. The van der Waals surface area contributed by atoms with Gasteiger partial charge in [0.1, 0.15) is 18.3 Å². The SMILES string of the molecule is Cc1ccc(C(=O)OC[C@H]2O[C@H](Cl)C[C@@]2(O)C(=O)c2ccc(C)cc2)cc1. The number of carbonyl (C=O) groups is 2. The molecule has 5 nitrogen and oxygen atoms in total. The number of halogens is 1. The van der Waals surface area contributed by atoms with Crippen molar-refractivity contribution in [1.29, 1.82) is 0 Å². The van der Waals surface area contributed by atoms with Gasteiger partial charge in [0, 0.05) is 12.0 Å². The van der Waals surface area contributed by atoms with E-state index in [-0.39, 0.29) is 13.0 Å². The van der Waals surface area contributed by atoms with Gasteiger partial charge in [-0.1, -0.05) is 59.1 Å². The molecule has 0 unspecified atom stereocenters. The summed E-state index contributed by atoms with van der Waals surface area (Å²) in [4.78, 5) is 25.1. The number of ketones is 1. The van der Waals surface area contributed by atoms with Crippen molar-refractivity contribution in [2.24, 2.45) is 0 Å². The number of benzene rings is 2. The first-order chi connectivity index (χ1) is 12.8. The minimum atomic E-state index is -1.85. The van der Waals surface area contributed by atoms with E-state index in [2.05, 4.69) is 0 Å². The minimum Gasteiger partial charge on any atom is -0.459 e. The third-order valence-corrected chi connectivity index (χ3v) is 4.93. The van der Waals surface area contributed by atoms with Crippen LogP contribution in [0.5, 0.6) is 0 Å². The molecule has 0 spiro atoms. The minimum absolute atomic E-state index is 0.0754. The molecule has 3 atom stereocenters. The summed E-state index contributed by atoms with van der Waals surface area (Å²) in [6, 6.07) is 13.8. The average Bonchev–Trinajstić information content (AvgIpc) is 2.95. The Morgan fingerprint density at radius 1 is 1.07 bits per heavy atom. The Kier molecular flexibility index (Phi) is 5.65. The highest BCUT2D eigenvalue weighted by molar-refractivity contribution is 6.20. The number of aryl methyl sites for hydroxylation is 2. The summed E-state index contributed by atoms with van der Waals surface area (Å²) in [6.07, 6.45) is -1.11. The normalized spacial score (nSPS) is 24.6. The van der Waals surface area contributed by atoms with Crippen molar-refractivity contribution in [3.63, 3.8) is 0 Å². The molecule has 0 radical (unpaired) electrons. The lowest BCUT2D eigenvalue weighted by atomic mass is 9.86. The molecule has 0 saturated carbocycles. The fourth-order valence-electron chi connectivity index (χ4n) is 3.01. The number of hydrogen-bond donors (Lipinski definition) is 1. The van der Waals surface area contributed by atoms with Crippen molar-refractivity contribution < 1.29 is 24.2 Å². The van der Waals surface area contributed by atoms with Gasteiger partial charge in [-0.15, -0.1) is 0 Å². The van der Waals surface area contributed by atoms with Gasteiger partial charge in [-0.25, -0.2) is 4.79 Å². The van der Waals surface area contributed by atoms with E-state index in [4.69, 9.17) is 21.1 Å². The van der Waals surface area contributed by atoms with E-state index in [9.17, 15) is 14.7 Å². The molecule has 27 heavy (non-hydrogen) atoms. The van der Waals surface area contributed by atoms with Crippen molar-refractivity contribution in [2.75, 3.05) is 6.61 Å². The topological polar surface area (TPSA) is 72.8 Å². The predicted octanol–water partition coefficient (Wildman–Crippen LogP) is 3.43. The molecule has 2 aromatic carbocycles. The van der Waals surface area contributed by atoms with Gasteiger partial charge in [-0.05, 0) is 26.0 Å². The van der Waals surface area contributed by atoms with Crippen LogP contribution in [0.25, 0.3) is 0 Å². The second-order valence-corrected chi connectivity index (χ2v) is 7.31. The van der Waals surface area contributed by atoms with E-state index in [0.717, 1.165) is 11.1 Å². The third-order valence-electron chi connectivity index (χ3n) is 4.68. The molecule has 1 aliphatic heterocycles. The van der Waals surface area contributed by atoms with Crippen LogP contribution in [0.4, 0.5) is 0 Å². The van der Waals surface area contributed by atoms with Crippen molar-refractivity contribution >= 4 is 23.4 Å². The lowest BCUT2D eigenvalue weighted by Gasteiger charge is -2.26. The lowest BCUT2D eigenvalue weighted by molar-refractivity contribution is -0.0538. The van der Waals surface area contributed by atoms with Crippen molar-refractivity contribution in [3.05, 3.63) is 70.8 Å². The average molecular weight is 389 g/mol. The lowest BCUT2D eigenvalue weighted by Crippen LogP contribution is -2.48. The van der Waals surface area contributed by atoms with Crippen LogP contribution in [0.15, 0.2) is 48.5 Å². The summed E-state index contributed by atoms with van der Waals surface area (Å²) in [5.74, 6) is -1.05. The van der Waals surface area contributed by atoms with E-state index in [1.807, 2.05) is 13.8 Å². The predicted molar refractivity (Wildman–Crippen MR) is 101 cm³/mol. The van der Waals surface area contributed by atoms with Crippen LogP contribution in [-0.4, -0.2) is 40.7 Å². The molecule has 3 rings (SSSR count). The van der Waals surface area contributed by atoms with Gasteiger partial charge in [-0.3, -0.25) is 4.79 Å². The van der Waals surface area contributed by atoms with Crippen LogP contribution in [0, 0.1) is 13.8 Å². The summed E-state index contributed by atoms with van der Waals surface area (Å²) in [7, 11) is 0. The highest BCUT2D eigenvalue weighted by atomic mass is 35.5. The van der Waals surface area contributed by atoms with Crippen LogP contribution in [0.2, 0.25) is 0 Å². The Labute approximate surface area is 162 Å². The largest absolute Gasteiger partial charge is 0.459 e. The Morgan fingerprint density at radius 2 is 1.59 bits per heavy atom. The maximum atomic E-state index is 12.9. The molecule has 0 amide bonds. The molecular weight excluding hydrogens is 368 g/mol. The second kappa shape index (κ2) is 7.80. The van der Waals surface area contributed by atoms with E-state index in [0.29, 0.717) is 11.1 Å². The van der Waals surface area contributed by atoms with Gasteiger partial charge in [0.15, 0.2) is 11.4 Å². The second-order valence-electron chi connectivity index (χ2n) is 6.82. The van der Waals surface area contributed by atoms with Gasteiger partial charge in [0.25, 0.3) is 0 Å². The number of Topliss-reactive ketones (excluding diaryl/α,β-unsaturated/α-hetero) is 1. The van der Waals surface area contributed by atoms with E-state index in [1.54, 1.807) is 48.5 Å². The summed E-state index contributed by atoms with van der Waals surface area (Å²) in [5, 5.41) is 11.0. The summed E-state index contributed by atoms with van der Waals surface area (Å²) in [6.45, 7) is 3.55. The van der Waals surface area contributed by atoms with Crippen LogP contribution < -0.4 is 0 Å². The van der Waals surface area contributed by atoms with Crippen LogP contribution in [0.1, 0.15) is 38.3 Å². The number of esters is 1. The van der Waals surface area contributed by atoms with Gasteiger partial charge < -0.3 is 14.6 Å². The maximum absolute atomic E-state index is 12.9. The monoisotopic (exact) mass is 388 g/mol. The van der Waals surface area contributed by atoms with Crippen molar-refractivity contribution in [1.82, 2.24) is 0 Å². The molecule has 0 aliphatic carbocycles. The molecule has 1 heterocycles. The van der Waals surface area contributed by atoms with Crippen molar-refractivity contribution in [2.45, 2.75) is 37.5 Å². The molecule has 2 aromatic rings. The molecule has 1 aliphatic rings. The zero-order valence-corrected chi connectivity index (χ0v) is 15.9. The molecule has 1 fully saturated rings. The summed E-state index contributed by atoms with van der Waals surface area (Å²) < 4.78 is 10.7. The van der Waals surface area contributed by atoms with Crippen LogP contribution >= 0.6 is 11.6 Å². The molecule has 1 N–H and O–H groups in total. The number of carbonyl (C=O) groups excluding carboxylic acids is 2. The van der Waals surface area contributed by atoms with Gasteiger partial charge >= 0.3 is 5.97 Å². The summed E-state index contributed by atoms with van der Waals surface area (Å²) >= 11 is 6.02. The first kappa shape index (κ1) is 19.5. The Hall–Kier alpha value is -2.21. The highest BCUT2D eigenvalue weighted by Gasteiger charge is 2.53. The number of ether oxygens (including phenoxy) is 2. The van der Waals surface area contributed by atoms with Gasteiger partial charge in [0.2, 0.25) is 0 Å². The highest BCUT2D eigenvalue weighted by Crippen LogP contribution is 2.36. The fourth-order valence-corrected chi connectivity index (χ4v) is 3.37. The Bertz CT molecular complexity index is 831. The number of aliphatic hydroxyl groups is 1. The molecule has 0 aromatic heterocycles. The van der Waals surface area contributed by atoms with Gasteiger partial charge in [-0.2, -0.15) is 0 Å². The zero-order valence-electron chi connectivity index (χ0n) is 15.1. The molecular formula is C21H21ClO5.